The summed E-state index contributed by atoms with van der Waals surface area (Å²) in [6.45, 7) is 1.91. The molecule has 0 unspecified atom stereocenters. The van der Waals surface area contributed by atoms with Crippen molar-refractivity contribution >= 4 is 40.7 Å². The highest BCUT2D eigenvalue weighted by Crippen LogP contribution is 2.22. The number of anilines is 1. The molecule has 0 aliphatic heterocycles. The first kappa shape index (κ1) is 14.5. The number of carbonyl (C=O) groups is 1. The van der Waals surface area contributed by atoms with Crippen LogP contribution in [0.25, 0.3) is 0 Å². The number of hydrogen-bond donors (Lipinski definition) is 1. The van der Waals surface area contributed by atoms with Gasteiger partial charge in [-0.15, -0.1) is 0 Å². The molecule has 20 heavy (non-hydrogen) atoms. The van der Waals surface area contributed by atoms with Crippen LogP contribution >= 0.6 is 24.0 Å². The highest BCUT2D eigenvalue weighted by atomic mass is 35.5. The lowest BCUT2D eigenvalue weighted by Gasteiger charge is -2.23. The van der Waals surface area contributed by atoms with Gasteiger partial charge >= 0.3 is 0 Å². The highest BCUT2D eigenvalue weighted by molar-refractivity contribution is 7.80. The highest BCUT2D eigenvalue weighted by Gasteiger charge is 2.22. The van der Waals surface area contributed by atoms with Crippen molar-refractivity contribution in [1.29, 1.82) is 0 Å². The monoisotopic (exact) mass is 304 g/mol. The summed E-state index contributed by atoms with van der Waals surface area (Å²) in [5.41, 5.74) is 2.19. The minimum absolute atomic E-state index is 0.148. The number of aryl methyl sites for hydroxylation is 1. The van der Waals surface area contributed by atoms with E-state index in [2.05, 4.69) is 4.84 Å². The van der Waals surface area contributed by atoms with Crippen LogP contribution < -0.4 is 9.74 Å². The van der Waals surface area contributed by atoms with E-state index in [0.717, 1.165) is 5.56 Å². The molecular formula is C15H13ClN2OS. The molecule has 0 aliphatic carbocycles. The van der Waals surface area contributed by atoms with Crippen LogP contribution in [0, 0.1) is 6.92 Å². The summed E-state index contributed by atoms with van der Waals surface area (Å²) >= 11 is 10.8. The number of carbonyl (C=O) groups excluding carboxylic acids is 1. The Balaban J connectivity index is 2.47. The molecule has 0 spiro atoms. The third-order valence-electron chi connectivity index (χ3n) is 2.86. The first-order valence-corrected chi connectivity index (χ1v) is 6.79. The summed E-state index contributed by atoms with van der Waals surface area (Å²) in [5, 5.41) is 0.148. The van der Waals surface area contributed by atoms with Crippen LogP contribution in [0.5, 0.6) is 0 Å². The summed E-state index contributed by atoms with van der Waals surface area (Å²) in [6, 6.07) is 16.4. The lowest BCUT2D eigenvalue weighted by Crippen LogP contribution is -2.41. The quantitative estimate of drug-likeness (QED) is 0.678. The SMILES string of the molecule is Cc1ccccc1N(C(=O)c1ccccc1)C(=S)NCl. The molecule has 0 bridgehead atoms. The molecule has 1 amide bonds. The zero-order chi connectivity index (χ0) is 14.5. The molecule has 2 aromatic rings. The number of thiocarbonyl (C=S) groups is 1. The van der Waals surface area contributed by atoms with E-state index in [-0.39, 0.29) is 11.0 Å². The first-order chi connectivity index (χ1) is 9.65. The summed E-state index contributed by atoms with van der Waals surface area (Å²) in [5.74, 6) is -0.224. The van der Waals surface area contributed by atoms with Crippen molar-refractivity contribution < 1.29 is 4.79 Å². The molecule has 0 radical (unpaired) electrons. The first-order valence-electron chi connectivity index (χ1n) is 6.01. The fourth-order valence-corrected chi connectivity index (χ4v) is 2.14. The van der Waals surface area contributed by atoms with Crippen molar-refractivity contribution in [1.82, 2.24) is 4.84 Å². The molecule has 5 heteroatoms. The Morgan fingerprint density at radius 1 is 1.10 bits per heavy atom. The van der Waals surface area contributed by atoms with E-state index in [0.29, 0.717) is 11.3 Å². The van der Waals surface area contributed by atoms with Gasteiger partial charge in [-0.3, -0.25) is 14.5 Å². The maximum Gasteiger partial charge on any atom is 0.264 e. The van der Waals surface area contributed by atoms with Gasteiger partial charge in [0, 0.05) is 17.3 Å². The van der Waals surface area contributed by atoms with E-state index in [4.69, 9.17) is 24.0 Å². The van der Waals surface area contributed by atoms with Crippen LogP contribution in [0.2, 0.25) is 0 Å². The van der Waals surface area contributed by atoms with Crippen molar-refractivity contribution in [3.05, 3.63) is 65.7 Å². The van der Waals surface area contributed by atoms with Gasteiger partial charge in [-0.2, -0.15) is 0 Å². The van der Waals surface area contributed by atoms with Gasteiger partial charge in [-0.1, -0.05) is 36.4 Å². The normalized spacial score (nSPS) is 9.90. The number of nitrogens with one attached hydrogen (secondary N) is 1. The zero-order valence-electron chi connectivity index (χ0n) is 10.8. The zero-order valence-corrected chi connectivity index (χ0v) is 12.4. The molecule has 0 fully saturated rings. The predicted octanol–water partition coefficient (Wildman–Crippen LogP) is 3.67. The summed E-state index contributed by atoms with van der Waals surface area (Å²) in [6.07, 6.45) is 0. The maximum atomic E-state index is 12.6. The fraction of sp³-hybridized carbons (Fsp3) is 0.0667. The Labute approximate surface area is 128 Å². The van der Waals surface area contributed by atoms with Gasteiger partial charge in [0.2, 0.25) is 0 Å². The molecule has 1 N–H and O–H groups in total. The van der Waals surface area contributed by atoms with E-state index in [1.807, 2.05) is 37.3 Å². The van der Waals surface area contributed by atoms with E-state index >= 15 is 0 Å². The largest absolute Gasteiger partial charge is 0.274 e. The topological polar surface area (TPSA) is 32.3 Å². The number of amides is 1. The summed E-state index contributed by atoms with van der Waals surface area (Å²) < 4.78 is 0. The molecule has 3 nitrogen and oxygen atoms in total. The average molecular weight is 305 g/mol. The number of halogens is 1. The van der Waals surface area contributed by atoms with Crippen LogP contribution in [0.3, 0.4) is 0 Å². The predicted molar refractivity (Wildman–Crippen MR) is 86.0 cm³/mol. The number of benzene rings is 2. The Bertz CT molecular complexity index is 631. The van der Waals surface area contributed by atoms with E-state index in [1.165, 1.54) is 4.90 Å². The molecule has 102 valence electrons. The van der Waals surface area contributed by atoms with Crippen LogP contribution in [0.15, 0.2) is 54.6 Å². The molecule has 0 saturated carbocycles. The number of nitrogens with zero attached hydrogens (tertiary/aromatic N) is 1. The third kappa shape index (κ3) is 2.98. The summed E-state index contributed by atoms with van der Waals surface area (Å²) in [7, 11) is 0. The van der Waals surface area contributed by atoms with Gasteiger partial charge < -0.3 is 0 Å². The average Bonchev–Trinajstić information content (AvgIpc) is 2.50. The molecule has 0 aliphatic rings. The molecular weight excluding hydrogens is 292 g/mol. The lowest BCUT2D eigenvalue weighted by atomic mass is 10.1. The minimum Gasteiger partial charge on any atom is -0.274 e. The maximum absolute atomic E-state index is 12.6. The molecule has 0 saturated heterocycles. The Hall–Kier alpha value is -1.91. The molecule has 0 atom stereocenters. The second kappa shape index (κ2) is 6.50. The van der Waals surface area contributed by atoms with Crippen molar-refractivity contribution in [3.8, 4) is 0 Å². The van der Waals surface area contributed by atoms with E-state index < -0.39 is 0 Å². The third-order valence-corrected chi connectivity index (χ3v) is 3.44. The molecule has 2 rings (SSSR count). The van der Waals surface area contributed by atoms with Gasteiger partial charge in [0.1, 0.15) is 0 Å². The standard InChI is InChI=1S/C15H13ClN2OS/c1-11-7-5-6-10-13(11)18(15(20)17-16)14(19)12-8-3-2-4-9-12/h2-10H,1H3,(H,17,20). The molecule has 0 aromatic heterocycles. The Morgan fingerprint density at radius 3 is 2.30 bits per heavy atom. The summed E-state index contributed by atoms with van der Waals surface area (Å²) in [4.78, 5) is 16.4. The molecule has 2 aromatic carbocycles. The lowest BCUT2D eigenvalue weighted by molar-refractivity contribution is 0.100. The van der Waals surface area contributed by atoms with Crippen molar-refractivity contribution in [2.75, 3.05) is 4.90 Å². The number of rotatable bonds is 2. The van der Waals surface area contributed by atoms with Crippen molar-refractivity contribution in [3.63, 3.8) is 0 Å². The smallest absolute Gasteiger partial charge is 0.264 e. The van der Waals surface area contributed by atoms with Gasteiger partial charge in [0.15, 0.2) is 5.11 Å². The van der Waals surface area contributed by atoms with Crippen LogP contribution in [0.1, 0.15) is 15.9 Å². The van der Waals surface area contributed by atoms with Crippen molar-refractivity contribution in [2.45, 2.75) is 6.92 Å². The number of para-hydroxylation sites is 1. The fourth-order valence-electron chi connectivity index (χ4n) is 1.88. The second-order valence-electron chi connectivity index (χ2n) is 4.19. The number of hydrogen-bond acceptors (Lipinski definition) is 2. The Kier molecular flexibility index (Phi) is 4.71. The van der Waals surface area contributed by atoms with Gasteiger partial charge in [-0.05, 0) is 42.9 Å². The van der Waals surface area contributed by atoms with E-state index in [9.17, 15) is 4.79 Å². The van der Waals surface area contributed by atoms with E-state index in [1.54, 1.807) is 24.3 Å². The van der Waals surface area contributed by atoms with Crippen LogP contribution in [-0.2, 0) is 0 Å². The van der Waals surface area contributed by atoms with Gasteiger partial charge in [0.25, 0.3) is 5.91 Å². The minimum atomic E-state index is -0.224. The van der Waals surface area contributed by atoms with Crippen LogP contribution in [-0.4, -0.2) is 11.0 Å². The Morgan fingerprint density at radius 2 is 1.70 bits per heavy atom. The van der Waals surface area contributed by atoms with Gasteiger partial charge in [0.05, 0.1) is 5.69 Å². The van der Waals surface area contributed by atoms with Crippen LogP contribution in [0.4, 0.5) is 5.69 Å². The second-order valence-corrected chi connectivity index (χ2v) is 4.77. The van der Waals surface area contributed by atoms with Crippen molar-refractivity contribution in [2.24, 2.45) is 0 Å². The van der Waals surface area contributed by atoms with Gasteiger partial charge in [-0.25, -0.2) is 0 Å². The molecule has 0 heterocycles.